The van der Waals surface area contributed by atoms with Gasteiger partial charge in [0.25, 0.3) is 5.91 Å². The van der Waals surface area contributed by atoms with Gasteiger partial charge in [0, 0.05) is 22.9 Å². The van der Waals surface area contributed by atoms with Gasteiger partial charge in [-0.05, 0) is 59.1 Å². The maximum absolute atomic E-state index is 13.0. The fourth-order valence-electron chi connectivity index (χ4n) is 4.08. The number of hydrogen-bond donors (Lipinski definition) is 3. The molecule has 0 fully saturated rings. The molecule has 39 heavy (non-hydrogen) atoms. The smallest absolute Gasteiger partial charge is 0.282 e. The van der Waals surface area contributed by atoms with Crippen molar-refractivity contribution in [3.63, 3.8) is 0 Å². The number of phenols is 1. The van der Waals surface area contributed by atoms with Crippen molar-refractivity contribution in [2.45, 2.75) is 12.5 Å². The number of quaternary nitrogens is 1. The van der Waals surface area contributed by atoms with Crippen molar-refractivity contribution in [2.75, 3.05) is 33.8 Å². The zero-order valence-corrected chi connectivity index (χ0v) is 23.6. The van der Waals surface area contributed by atoms with Crippen molar-refractivity contribution in [3.05, 3.63) is 65.5 Å². The van der Waals surface area contributed by atoms with Crippen LogP contribution >= 0.6 is 11.5 Å². The Kier molecular flexibility index (Phi) is 10.00. The van der Waals surface area contributed by atoms with E-state index in [-0.39, 0.29) is 24.1 Å². The Morgan fingerprint density at radius 3 is 2.15 bits per heavy atom. The largest absolute Gasteiger partial charge is 1.00 e. The molecule has 4 aromatic rings. The zero-order chi connectivity index (χ0) is 27.2. The molecule has 11 heteroatoms. The predicted molar refractivity (Wildman–Crippen MR) is 146 cm³/mol. The van der Waals surface area contributed by atoms with E-state index in [0.29, 0.717) is 35.1 Å². The fourth-order valence-corrected chi connectivity index (χ4v) is 4.80. The number of ether oxygens (including phenoxy) is 4. The first kappa shape index (κ1) is 29.6. The van der Waals surface area contributed by atoms with E-state index in [0.717, 1.165) is 27.9 Å². The van der Waals surface area contributed by atoms with Crippen LogP contribution in [0.2, 0.25) is 0 Å². The topological polar surface area (TPSA) is 127 Å². The Morgan fingerprint density at radius 2 is 1.56 bits per heavy atom. The molecule has 5 N–H and O–H groups in total. The summed E-state index contributed by atoms with van der Waals surface area (Å²) in [6, 6.07) is 15.5. The number of aromatic hydroxyl groups is 1. The lowest BCUT2D eigenvalue weighted by Crippen LogP contribution is -3.00. The summed E-state index contributed by atoms with van der Waals surface area (Å²) in [5.74, 6) is 2.00. The standard InChI is InChI=1S/C28H29N3O6S.ClH/c1-34-23-10-7-17(12-22(23)30-28(33)21(29)11-16-5-8-19(32)9-6-16)20-15-38-31-26(20)18-13-24(35-2)27(37-4)25(14-18)36-3;/h5-10,12-15,21,32H,11,29H2,1-4H3,(H,30,33);1H/t21-;/m0./s1. The molecule has 0 aliphatic carbocycles. The number of nitrogens with one attached hydrogen (secondary N) is 1. The normalized spacial score (nSPS) is 11.2. The third-order valence-electron chi connectivity index (χ3n) is 6.07. The molecular weight excluding hydrogens is 542 g/mol. The van der Waals surface area contributed by atoms with Crippen molar-refractivity contribution in [2.24, 2.45) is 0 Å². The van der Waals surface area contributed by atoms with Crippen LogP contribution in [0.25, 0.3) is 22.4 Å². The van der Waals surface area contributed by atoms with Gasteiger partial charge in [-0.2, -0.15) is 4.37 Å². The molecule has 206 valence electrons. The number of rotatable bonds is 10. The number of carbonyl (C=O) groups excluding carboxylic acids is 1. The van der Waals surface area contributed by atoms with Gasteiger partial charge in [-0.1, -0.05) is 18.2 Å². The zero-order valence-electron chi connectivity index (χ0n) is 22.0. The number of methoxy groups -OCH3 is 4. The van der Waals surface area contributed by atoms with Gasteiger partial charge in [0.1, 0.15) is 11.5 Å². The van der Waals surface area contributed by atoms with E-state index < -0.39 is 6.04 Å². The maximum atomic E-state index is 13.0. The van der Waals surface area contributed by atoms with Crippen molar-refractivity contribution in [1.29, 1.82) is 0 Å². The number of carbonyl (C=O) groups is 1. The van der Waals surface area contributed by atoms with E-state index in [9.17, 15) is 9.90 Å². The lowest BCUT2D eigenvalue weighted by molar-refractivity contribution is -0.402. The van der Waals surface area contributed by atoms with Crippen molar-refractivity contribution in [1.82, 2.24) is 4.37 Å². The minimum absolute atomic E-state index is 0. The Labute approximate surface area is 237 Å². The molecule has 1 heterocycles. The quantitative estimate of drug-likeness (QED) is 0.259. The van der Waals surface area contributed by atoms with Gasteiger partial charge in [0.2, 0.25) is 5.75 Å². The maximum Gasteiger partial charge on any atom is 0.282 e. The molecule has 1 atom stereocenters. The molecule has 0 spiro atoms. The molecule has 0 bridgehead atoms. The summed E-state index contributed by atoms with van der Waals surface area (Å²) in [6.07, 6.45) is 0.424. The van der Waals surface area contributed by atoms with Crippen LogP contribution < -0.4 is 42.4 Å². The van der Waals surface area contributed by atoms with Gasteiger partial charge in [-0.3, -0.25) is 4.79 Å². The highest BCUT2D eigenvalue weighted by Gasteiger charge is 2.22. The number of halogens is 1. The Bertz CT molecular complexity index is 1400. The van der Waals surface area contributed by atoms with Crippen LogP contribution in [0.4, 0.5) is 5.69 Å². The van der Waals surface area contributed by atoms with E-state index in [1.807, 2.05) is 29.6 Å². The van der Waals surface area contributed by atoms with Gasteiger partial charge in [-0.25, -0.2) is 0 Å². The molecule has 1 aromatic heterocycles. The Balaban J connectivity index is 0.00000420. The number of amides is 1. The van der Waals surface area contributed by atoms with Gasteiger partial charge >= 0.3 is 0 Å². The minimum atomic E-state index is -0.550. The summed E-state index contributed by atoms with van der Waals surface area (Å²) in [7, 11) is 6.25. The molecule has 0 radical (unpaired) electrons. The first-order valence-corrected chi connectivity index (χ1v) is 12.6. The number of nitrogens with zero attached hydrogens (tertiary/aromatic N) is 1. The summed E-state index contributed by atoms with van der Waals surface area (Å²) in [5, 5.41) is 14.4. The highest BCUT2D eigenvalue weighted by Crippen LogP contribution is 2.44. The summed E-state index contributed by atoms with van der Waals surface area (Å²) in [5.41, 5.74) is 8.70. The van der Waals surface area contributed by atoms with Crippen LogP contribution in [0.5, 0.6) is 28.7 Å². The van der Waals surface area contributed by atoms with Gasteiger partial charge < -0.3 is 47.5 Å². The summed E-state index contributed by atoms with van der Waals surface area (Å²) in [6.45, 7) is 0. The third kappa shape index (κ3) is 6.54. The molecule has 0 aliphatic rings. The number of aromatic nitrogens is 1. The second kappa shape index (κ2) is 13.2. The minimum Gasteiger partial charge on any atom is -1.00 e. The molecule has 4 rings (SSSR count). The molecule has 9 nitrogen and oxygen atoms in total. The van der Waals surface area contributed by atoms with Crippen LogP contribution in [0, 0.1) is 0 Å². The van der Waals surface area contributed by atoms with Gasteiger partial charge in [0.05, 0.1) is 39.8 Å². The van der Waals surface area contributed by atoms with E-state index in [2.05, 4.69) is 15.4 Å². The molecule has 0 aliphatic heterocycles. The van der Waals surface area contributed by atoms with Gasteiger partial charge in [-0.15, -0.1) is 0 Å². The number of benzene rings is 3. The number of anilines is 1. The number of hydrogen-bond acceptors (Lipinski definition) is 8. The second-order valence-electron chi connectivity index (χ2n) is 8.46. The summed E-state index contributed by atoms with van der Waals surface area (Å²) < 4.78 is 26.6. The van der Waals surface area contributed by atoms with Crippen LogP contribution in [0.3, 0.4) is 0 Å². The van der Waals surface area contributed by atoms with Crippen molar-refractivity contribution in [3.8, 4) is 51.1 Å². The van der Waals surface area contributed by atoms with E-state index in [1.54, 1.807) is 58.8 Å². The summed E-state index contributed by atoms with van der Waals surface area (Å²) >= 11 is 1.32. The third-order valence-corrected chi connectivity index (χ3v) is 6.69. The van der Waals surface area contributed by atoms with Crippen LogP contribution in [-0.4, -0.2) is 49.9 Å². The average molecular weight is 572 g/mol. The van der Waals surface area contributed by atoms with Crippen LogP contribution in [0.15, 0.2) is 60.0 Å². The SMILES string of the molecule is COc1ccc(-c2csnc2-c2cc(OC)c(OC)c(OC)c2)cc1NC(=O)[C@@H]([NH3+])Cc1ccc(O)cc1.[Cl-]. The van der Waals surface area contributed by atoms with E-state index >= 15 is 0 Å². The van der Waals surface area contributed by atoms with Crippen molar-refractivity contribution >= 4 is 23.1 Å². The first-order chi connectivity index (χ1) is 18.4. The lowest BCUT2D eigenvalue weighted by Gasteiger charge is -2.15. The Hall–Kier alpha value is -3.99. The van der Waals surface area contributed by atoms with E-state index in [4.69, 9.17) is 18.9 Å². The molecule has 0 saturated heterocycles. The second-order valence-corrected chi connectivity index (χ2v) is 9.09. The first-order valence-electron chi connectivity index (χ1n) is 11.7. The Morgan fingerprint density at radius 1 is 0.923 bits per heavy atom. The predicted octanol–water partition coefficient (Wildman–Crippen LogP) is 1.01. The van der Waals surface area contributed by atoms with Crippen LogP contribution in [0.1, 0.15) is 5.56 Å². The van der Waals surface area contributed by atoms with Crippen LogP contribution in [-0.2, 0) is 11.2 Å². The average Bonchev–Trinajstić information content (AvgIpc) is 3.43. The molecule has 1 amide bonds. The summed E-state index contributed by atoms with van der Waals surface area (Å²) in [4.78, 5) is 13.0. The van der Waals surface area contributed by atoms with Crippen molar-refractivity contribution < 1.29 is 47.0 Å². The highest BCUT2D eigenvalue weighted by atomic mass is 35.5. The van der Waals surface area contributed by atoms with Gasteiger partial charge in [0.15, 0.2) is 17.5 Å². The molecular formula is C28H30ClN3O6S. The number of phenolic OH excluding ortho intramolecular Hbond substituents is 1. The van der Waals surface area contributed by atoms with E-state index in [1.165, 1.54) is 11.5 Å². The fraction of sp³-hybridized carbons (Fsp3) is 0.214. The molecule has 0 saturated carbocycles. The monoisotopic (exact) mass is 571 g/mol. The lowest BCUT2D eigenvalue weighted by atomic mass is 10.00. The molecule has 0 unspecified atom stereocenters. The highest BCUT2D eigenvalue weighted by molar-refractivity contribution is 7.04. The molecule has 3 aromatic carbocycles.